The molecule has 1 aliphatic rings. The third kappa shape index (κ3) is 2.68. The molecular formula is C11H16N4O3P+. The standard InChI is InChI=1S/C11H15N4O3P/c12-11(6-1-7-15(13)10(11)17)19(18)14-8-2-4-9(16)5-3-8/h2-5H,1,6-7,12-13H2,(H-,14,16,18)/p+1/t11-/m0/s1. The Labute approximate surface area is 111 Å². The van der Waals surface area contributed by atoms with Crippen molar-refractivity contribution < 1.29 is 14.5 Å². The molecule has 1 aliphatic heterocycles. The second-order valence-electron chi connectivity index (χ2n) is 4.48. The number of benzene rings is 1. The van der Waals surface area contributed by atoms with Crippen LogP contribution in [0.15, 0.2) is 24.3 Å². The molecule has 19 heavy (non-hydrogen) atoms. The lowest BCUT2D eigenvalue weighted by molar-refractivity contribution is -0.136. The number of piperidine rings is 1. The van der Waals surface area contributed by atoms with Crippen LogP contribution < -0.4 is 16.7 Å². The van der Waals surface area contributed by atoms with Crippen LogP contribution in [0.5, 0.6) is 5.75 Å². The molecular weight excluding hydrogens is 267 g/mol. The molecule has 0 aliphatic carbocycles. The fraction of sp³-hybridized carbons (Fsp3) is 0.364. The van der Waals surface area contributed by atoms with E-state index in [0.29, 0.717) is 25.1 Å². The number of hydrogen-bond acceptors (Lipinski definition) is 5. The van der Waals surface area contributed by atoms with Crippen molar-refractivity contribution in [3.8, 4) is 5.75 Å². The molecule has 0 spiro atoms. The smallest absolute Gasteiger partial charge is 0.492 e. The first-order valence-electron chi connectivity index (χ1n) is 5.82. The summed E-state index contributed by atoms with van der Waals surface area (Å²) >= 11 is 0. The lowest BCUT2D eigenvalue weighted by Crippen LogP contribution is -2.59. The minimum Gasteiger partial charge on any atom is -0.508 e. The van der Waals surface area contributed by atoms with Gasteiger partial charge in [0, 0.05) is 13.0 Å². The van der Waals surface area contributed by atoms with Crippen LogP contribution in [0, 0.1) is 0 Å². The van der Waals surface area contributed by atoms with Gasteiger partial charge in [0.05, 0.1) is 5.69 Å². The summed E-state index contributed by atoms with van der Waals surface area (Å²) in [6.45, 7) is 0.417. The molecule has 0 radical (unpaired) electrons. The van der Waals surface area contributed by atoms with Gasteiger partial charge >= 0.3 is 19.1 Å². The van der Waals surface area contributed by atoms with Crippen LogP contribution in [0.4, 0.5) is 5.69 Å². The van der Waals surface area contributed by atoms with Gasteiger partial charge in [0.15, 0.2) is 0 Å². The van der Waals surface area contributed by atoms with Gasteiger partial charge < -0.3 is 5.11 Å². The quantitative estimate of drug-likeness (QED) is 0.280. The van der Waals surface area contributed by atoms with E-state index in [-0.39, 0.29) is 5.75 Å². The number of hydrazine groups is 1. The maximum Gasteiger partial charge on any atom is 0.492 e. The van der Waals surface area contributed by atoms with Crippen molar-refractivity contribution in [1.82, 2.24) is 5.01 Å². The van der Waals surface area contributed by atoms with Gasteiger partial charge in [-0.2, -0.15) is 5.09 Å². The highest BCUT2D eigenvalue weighted by atomic mass is 31.1. The zero-order valence-electron chi connectivity index (χ0n) is 10.2. The van der Waals surface area contributed by atoms with Gasteiger partial charge in [-0.05, 0) is 35.3 Å². The van der Waals surface area contributed by atoms with E-state index < -0.39 is 19.1 Å². The summed E-state index contributed by atoms with van der Waals surface area (Å²) < 4.78 is 12.3. The molecule has 2 rings (SSSR count). The van der Waals surface area contributed by atoms with Gasteiger partial charge in [-0.25, -0.2) is 5.84 Å². The van der Waals surface area contributed by atoms with Crippen LogP contribution in [0.1, 0.15) is 12.8 Å². The van der Waals surface area contributed by atoms with E-state index in [9.17, 15) is 9.36 Å². The Balaban J connectivity index is 2.14. The molecule has 1 amide bonds. The average molecular weight is 283 g/mol. The molecule has 1 aromatic carbocycles. The van der Waals surface area contributed by atoms with E-state index >= 15 is 0 Å². The summed E-state index contributed by atoms with van der Waals surface area (Å²) in [5, 5.41) is 11.4. The second-order valence-corrected chi connectivity index (χ2v) is 6.09. The van der Waals surface area contributed by atoms with Gasteiger partial charge in [-0.1, -0.05) is 0 Å². The summed E-state index contributed by atoms with van der Waals surface area (Å²) in [7, 11) is -2.21. The summed E-state index contributed by atoms with van der Waals surface area (Å²) in [6.07, 6.45) is 0.927. The van der Waals surface area contributed by atoms with Crippen molar-refractivity contribution in [1.29, 1.82) is 0 Å². The lowest BCUT2D eigenvalue weighted by Gasteiger charge is -2.29. The van der Waals surface area contributed by atoms with Gasteiger partial charge in [0.1, 0.15) is 5.75 Å². The van der Waals surface area contributed by atoms with E-state index in [0.717, 1.165) is 5.01 Å². The Bertz CT molecular complexity index is 507. The molecule has 0 bridgehead atoms. The number of nitrogens with two attached hydrogens (primary N) is 2. The molecule has 102 valence electrons. The minimum atomic E-state index is -2.21. The number of hydrogen-bond donors (Lipinski definition) is 4. The van der Waals surface area contributed by atoms with E-state index in [4.69, 9.17) is 16.7 Å². The van der Waals surface area contributed by atoms with Crippen molar-refractivity contribution >= 4 is 19.5 Å². The lowest BCUT2D eigenvalue weighted by atomic mass is 10.1. The SMILES string of the molecule is NN1CCC[C@](N)([P+](=O)Nc2ccc(O)cc2)C1=O. The Hall–Kier alpha value is -1.69. The van der Waals surface area contributed by atoms with Crippen molar-refractivity contribution in [2.75, 3.05) is 11.6 Å². The molecule has 1 saturated heterocycles. The van der Waals surface area contributed by atoms with Crippen molar-refractivity contribution in [3.63, 3.8) is 0 Å². The monoisotopic (exact) mass is 283 g/mol. The third-order valence-electron chi connectivity index (χ3n) is 3.05. The second kappa shape index (κ2) is 5.13. The molecule has 1 aromatic rings. The Kier molecular flexibility index (Phi) is 3.71. The molecule has 0 aromatic heterocycles. The average Bonchev–Trinajstić information content (AvgIpc) is 2.38. The molecule has 0 saturated carbocycles. The van der Waals surface area contributed by atoms with Crippen molar-refractivity contribution in [2.45, 2.75) is 18.1 Å². The number of rotatable bonds is 3. The van der Waals surface area contributed by atoms with Gasteiger partial charge in [-0.15, -0.1) is 0 Å². The molecule has 1 fully saturated rings. The zero-order valence-corrected chi connectivity index (χ0v) is 11.1. The van der Waals surface area contributed by atoms with Gasteiger partial charge in [0.2, 0.25) is 0 Å². The van der Waals surface area contributed by atoms with Crippen LogP contribution in [-0.2, 0) is 9.36 Å². The molecule has 6 N–H and O–H groups in total. The first-order chi connectivity index (χ1) is 8.93. The number of amides is 1. The summed E-state index contributed by atoms with van der Waals surface area (Å²) in [4.78, 5) is 11.9. The number of nitrogens with one attached hydrogen (secondary N) is 1. The van der Waals surface area contributed by atoms with Crippen molar-refractivity contribution in [2.24, 2.45) is 11.6 Å². The number of aromatic hydroxyl groups is 1. The first-order valence-corrected chi connectivity index (χ1v) is 7.08. The summed E-state index contributed by atoms with van der Waals surface area (Å²) in [5.41, 5.74) is 6.47. The van der Waals surface area contributed by atoms with Crippen LogP contribution in [0.2, 0.25) is 0 Å². The third-order valence-corrected chi connectivity index (χ3v) is 4.65. The Morgan fingerprint density at radius 3 is 2.63 bits per heavy atom. The maximum absolute atomic E-state index is 12.3. The first kappa shape index (κ1) is 13.7. The molecule has 7 nitrogen and oxygen atoms in total. The fourth-order valence-corrected chi connectivity index (χ4v) is 3.16. The van der Waals surface area contributed by atoms with E-state index in [1.807, 2.05) is 0 Å². The fourth-order valence-electron chi connectivity index (χ4n) is 1.92. The van der Waals surface area contributed by atoms with Crippen LogP contribution >= 0.6 is 7.95 Å². The van der Waals surface area contributed by atoms with E-state index in [1.54, 1.807) is 12.1 Å². The largest absolute Gasteiger partial charge is 0.508 e. The topological polar surface area (TPSA) is 122 Å². The van der Waals surface area contributed by atoms with Gasteiger partial charge in [-0.3, -0.25) is 15.5 Å². The molecule has 1 unspecified atom stereocenters. The van der Waals surface area contributed by atoms with E-state index in [1.165, 1.54) is 12.1 Å². The van der Waals surface area contributed by atoms with Crippen molar-refractivity contribution in [3.05, 3.63) is 24.3 Å². The minimum absolute atomic E-state index is 0.102. The van der Waals surface area contributed by atoms with Gasteiger partial charge in [0.25, 0.3) is 0 Å². The van der Waals surface area contributed by atoms with Crippen LogP contribution in [-0.4, -0.2) is 27.8 Å². The number of nitrogens with zero attached hydrogens (tertiary/aromatic N) is 1. The number of phenolic OH excluding ortho intramolecular Hbond substituents is 1. The zero-order chi connectivity index (χ0) is 14.0. The van der Waals surface area contributed by atoms with Crippen LogP contribution in [0.25, 0.3) is 0 Å². The summed E-state index contributed by atoms with van der Waals surface area (Å²) in [5.74, 6) is 5.10. The molecule has 8 heteroatoms. The van der Waals surface area contributed by atoms with Crippen LogP contribution in [0.3, 0.4) is 0 Å². The number of anilines is 1. The highest BCUT2D eigenvalue weighted by Crippen LogP contribution is 2.41. The predicted molar refractivity (Wildman–Crippen MR) is 71.4 cm³/mol. The number of carbonyl (C=O) groups excluding carboxylic acids is 1. The number of carbonyl (C=O) groups is 1. The van der Waals surface area contributed by atoms with E-state index in [2.05, 4.69) is 5.09 Å². The summed E-state index contributed by atoms with van der Waals surface area (Å²) in [6, 6.07) is 6.01. The molecule has 1 heterocycles. The normalized spacial score (nSPS) is 24.2. The highest BCUT2D eigenvalue weighted by Gasteiger charge is 2.56. The highest BCUT2D eigenvalue weighted by molar-refractivity contribution is 7.49. The Morgan fingerprint density at radius 1 is 1.37 bits per heavy atom. The number of phenols is 1. The maximum atomic E-state index is 12.3. The Morgan fingerprint density at radius 2 is 2.00 bits per heavy atom. The molecule has 2 atom stereocenters. The predicted octanol–water partition coefficient (Wildman–Crippen LogP) is 0.698.